The lowest BCUT2D eigenvalue weighted by Crippen LogP contribution is -2.50. The predicted octanol–water partition coefficient (Wildman–Crippen LogP) is 2.69. The number of benzene rings is 2. The van der Waals surface area contributed by atoms with Crippen molar-refractivity contribution in [2.24, 2.45) is 0 Å². The van der Waals surface area contributed by atoms with Gasteiger partial charge in [-0.15, -0.1) is 0 Å². The lowest BCUT2D eigenvalue weighted by atomic mass is 10.1. The van der Waals surface area contributed by atoms with Crippen molar-refractivity contribution in [3.63, 3.8) is 0 Å². The molecule has 2 aromatic rings. The molecule has 0 radical (unpaired) electrons. The number of ether oxygens (including phenoxy) is 1. The van der Waals surface area contributed by atoms with Crippen LogP contribution in [0.5, 0.6) is 0 Å². The first-order chi connectivity index (χ1) is 13.4. The Balaban J connectivity index is 1.60. The molecule has 1 aliphatic heterocycles. The van der Waals surface area contributed by atoms with Gasteiger partial charge in [-0.25, -0.2) is 17.9 Å². The van der Waals surface area contributed by atoms with Crippen molar-refractivity contribution in [2.75, 3.05) is 32.5 Å². The number of nitrogens with one attached hydrogen (secondary N) is 1. The number of nitrogens with zero attached hydrogens (tertiary/aromatic N) is 1. The summed E-state index contributed by atoms with van der Waals surface area (Å²) in [6, 6.07) is 16.9. The summed E-state index contributed by atoms with van der Waals surface area (Å²) in [7, 11) is -2.07. The standard InChI is InChI=1S/C21H27N2O4S/c1-27-21(24)19-11-9-18(10-12-19)17-22-28(25,26)16-15-23(13-5-6-14-23)20-7-3-2-4-8-20/h2-4,7-12,22H,5-6,13-17H2,1H3/q+1. The molecule has 0 aromatic heterocycles. The first kappa shape index (κ1) is 20.5. The van der Waals surface area contributed by atoms with Gasteiger partial charge in [0.15, 0.2) is 0 Å². The predicted molar refractivity (Wildman–Crippen MR) is 110 cm³/mol. The number of carbonyl (C=O) groups is 1. The van der Waals surface area contributed by atoms with Gasteiger partial charge < -0.3 is 4.74 Å². The van der Waals surface area contributed by atoms with E-state index in [0.717, 1.165) is 36.0 Å². The third-order valence-corrected chi connectivity index (χ3v) is 6.69. The molecule has 1 fully saturated rings. The van der Waals surface area contributed by atoms with Gasteiger partial charge in [-0.3, -0.25) is 4.48 Å². The van der Waals surface area contributed by atoms with E-state index in [1.807, 2.05) is 18.2 Å². The van der Waals surface area contributed by atoms with E-state index >= 15 is 0 Å². The first-order valence-electron chi connectivity index (χ1n) is 9.50. The molecule has 0 atom stereocenters. The van der Waals surface area contributed by atoms with E-state index in [1.54, 1.807) is 24.3 Å². The van der Waals surface area contributed by atoms with Crippen molar-refractivity contribution in [2.45, 2.75) is 19.4 Å². The number of carbonyl (C=O) groups excluding carboxylic acids is 1. The van der Waals surface area contributed by atoms with Gasteiger partial charge in [-0.05, 0) is 29.8 Å². The van der Waals surface area contributed by atoms with Crippen molar-refractivity contribution >= 4 is 21.7 Å². The highest BCUT2D eigenvalue weighted by atomic mass is 32.2. The smallest absolute Gasteiger partial charge is 0.337 e. The van der Waals surface area contributed by atoms with Crippen LogP contribution >= 0.6 is 0 Å². The number of esters is 1. The van der Waals surface area contributed by atoms with Crippen LogP contribution in [0.4, 0.5) is 5.69 Å². The number of sulfonamides is 1. The molecule has 3 rings (SSSR count). The molecule has 1 saturated heterocycles. The maximum Gasteiger partial charge on any atom is 0.337 e. The highest BCUT2D eigenvalue weighted by molar-refractivity contribution is 7.89. The lowest BCUT2D eigenvalue weighted by molar-refractivity contribution is 0.0600. The van der Waals surface area contributed by atoms with Crippen LogP contribution in [0.2, 0.25) is 0 Å². The second-order valence-corrected chi connectivity index (χ2v) is 9.11. The van der Waals surface area contributed by atoms with Crippen LogP contribution in [0.1, 0.15) is 28.8 Å². The van der Waals surface area contributed by atoms with E-state index in [-0.39, 0.29) is 12.3 Å². The Morgan fingerprint density at radius 1 is 1.04 bits per heavy atom. The van der Waals surface area contributed by atoms with Gasteiger partial charge in [0.2, 0.25) is 10.0 Å². The van der Waals surface area contributed by atoms with Crippen LogP contribution in [-0.2, 0) is 21.3 Å². The molecule has 1 N–H and O–H groups in total. The van der Waals surface area contributed by atoms with Crippen molar-refractivity contribution in [3.05, 3.63) is 65.7 Å². The van der Waals surface area contributed by atoms with Gasteiger partial charge in [0.25, 0.3) is 0 Å². The molecule has 0 unspecified atom stereocenters. The lowest BCUT2D eigenvalue weighted by Gasteiger charge is -2.33. The molecule has 0 bridgehead atoms. The third-order valence-electron chi connectivity index (χ3n) is 5.39. The second-order valence-electron chi connectivity index (χ2n) is 7.19. The van der Waals surface area contributed by atoms with Crippen LogP contribution in [0, 0.1) is 0 Å². The van der Waals surface area contributed by atoms with Gasteiger partial charge in [0.05, 0.1) is 32.3 Å². The van der Waals surface area contributed by atoms with E-state index in [2.05, 4.69) is 21.6 Å². The average Bonchev–Trinajstić information content (AvgIpc) is 3.22. The number of hydrogen-bond donors (Lipinski definition) is 1. The number of methoxy groups -OCH3 is 1. The van der Waals surface area contributed by atoms with Crippen molar-refractivity contribution in [3.8, 4) is 0 Å². The molecule has 0 amide bonds. The second kappa shape index (κ2) is 8.86. The molecule has 28 heavy (non-hydrogen) atoms. The monoisotopic (exact) mass is 403 g/mol. The van der Waals surface area contributed by atoms with Crippen molar-refractivity contribution in [1.82, 2.24) is 9.21 Å². The zero-order valence-corrected chi connectivity index (χ0v) is 17.0. The fraction of sp³-hybridized carbons (Fsp3) is 0.381. The molecule has 0 saturated carbocycles. The SMILES string of the molecule is COC(=O)c1ccc(CNS(=O)(=O)CC[N+]2(c3ccccc3)CCCC2)cc1. The number of rotatable bonds is 8. The molecule has 0 aliphatic carbocycles. The minimum atomic E-state index is -3.40. The normalized spacial score (nSPS) is 16.0. The maximum absolute atomic E-state index is 12.6. The number of hydrogen-bond acceptors (Lipinski definition) is 4. The summed E-state index contributed by atoms with van der Waals surface area (Å²) < 4.78 is 33.2. The topological polar surface area (TPSA) is 72.5 Å². The minimum Gasteiger partial charge on any atom is -0.465 e. The van der Waals surface area contributed by atoms with Gasteiger partial charge in [-0.1, -0.05) is 30.3 Å². The van der Waals surface area contributed by atoms with Crippen LogP contribution < -0.4 is 9.21 Å². The molecule has 1 aliphatic rings. The summed E-state index contributed by atoms with van der Waals surface area (Å²) in [4.78, 5) is 11.5. The van der Waals surface area contributed by atoms with E-state index in [1.165, 1.54) is 12.8 Å². The molecule has 6 nitrogen and oxygen atoms in total. The van der Waals surface area contributed by atoms with Crippen LogP contribution in [0.25, 0.3) is 0 Å². The Morgan fingerprint density at radius 3 is 2.29 bits per heavy atom. The fourth-order valence-electron chi connectivity index (χ4n) is 3.73. The molecule has 0 spiro atoms. The summed E-state index contributed by atoms with van der Waals surface area (Å²) in [5.41, 5.74) is 2.43. The first-order valence-corrected chi connectivity index (χ1v) is 11.2. The molecular formula is C21H27N2O4S+. The summed E-state index contributed by atoms with van der Waals surface area (Å²) >= 11 is 0. The fourth-order valence-corrected chi connectivity index (χ4v) is 4.85. The summed E-state index contributed by atoms with van der Waals surface area (Å²) in [6.07, 6.45) is 2.24. The van der Waals surface area contributed by atoms with Crippen LogP contribution in [-0.4, -0.2) is 46.9 Å². The van der Waals surface area contributed by atoms with Gasteiger partial charge in [0.1, 0.15) is 11.4 Å². The largest absolute Gasteiger partial charge is 0.465 e. The van der Waals surface area contributed by atoms with Crippen molar-refractivity contribution < 1.29 is 17.9 Å². The Labute approximate surface area is 166 Å². The highest BCUT2D eigenvalue weighted by Crippen LogP contribution is 2.29. The molecular weight excluding hydrogens is 376 g/mol. The Bertz CT molecular complexity index is 890. The third kappa shape index (κ3) is 4.98. The molecule has 2 aromatic carbocycles. The highest BCUT2D eigenvalue weighted by Gasteiger charge is 2.35. The van der Waals surface area contributed by atoms with E-state index in [9.17, 15) is 13.2 Å². The average molecular weight is 404 g/mol. The van der Waals surface area contributed by atoms with Gasteiger partial charge in [-0.2, -0.15) is 0 Å². The quantitative estimate of drug-likeness (QED) is 0.543. The Morgan fingerprint density at radius 2 is 1.68 bits per heavy atom. The van der Waals surface area contributed by atoms with Crippen LogP contribution in [0.15, 0.2) is 54.6 Å². The summed E-state index contributed by atoms with van der Waals surface area (Å²) in [5, 5.41) is 0. The number of para-hydroxylation sites is 1. The number of likely N-dealkylation sites (tertiary alicyclic amines) is 1. The van der Waals surface area contributed by atoms with E-state index in [4.69, 9.17) is 0 Å². The molecule has 1 heterocycles. The zero-order valence-electron chi connectivity index (χ0n) is 16.1. The van der Waals surface area contributed by atoms with Gasteiger partial charge >= 0.3 is 5.97 Å². The van der Waals surface area contributed by atoms with E-state index in [0.29, 0.717) is 12.1 Å². The minimum absolute atomic E-state index is 0.0855. The Kier molecular flexibility index (Phi) is 6.49. The van der Waals surface area contributed by atoms with Gasteiger partial charge in [0, 0.05) is 19.4 Å². The molecule has 7 heteroatoms. The summed E-state index contributed by atoms with van der Waals surface area (Å²) in [5.74, 6) is -0.324. The maximum atomic E-state index is 12.6. The Hall–Kier alpha value is -2.22. The van der Waals surface area contributed by atoms with Crippen LogP contribution in [0.3, 0.4) is 0 Å². The summed E-state index contributed by atoms with van der Waals surface area (Å²) in [6.45, 7) is 2.73. The zero-order chi connectivity index (χ0) is 20.0. The van der Waals surface area contributed by atoms with Crippen molar-refractivity contribution in [1.29, 1.82) is 0 Å². The van der Waals surface area contributed by atoms with E-state index < -0.39 is 16.0 Å². The molecule has 150 valence electrons. The number of quaternary nitrogens is 1.